The topological polar surface area (TPSA) is 0 Å². The van der Waals surface area contributed by atoms with Crippen molar-refractivity contribution in [2.45, 2.75) is 27.8 Å². The molecular formula is C23H24S2Si. The first-order valence-electron chi connectivity index (χ1n) is 8.82. The average Bonchev–Trinajstić information content (AvgIpc) is 2.69. The first-order chi connectivity index (χ1) is 12.7. The smallest absolute Gasteiger partial charge is 0.0989 e. The second-order valence-corrected chi connectivity index (χ2v) is 14.0. The summed E-state index contributed by atoms with van der Waals surface area (Å²) in [7, 11) is -1.67. The molecule has 0 aliphatic carbocycles. The fourth-order valence-electron chi connectivity index (χ4n) is 2.79. The lowest BCUT2D eigenvalue weighted by atomic mass is 10.4. The molecule has 1 unspecified atom stereocenters. The zero-order chi connectivity index (χ0) is 18.2. The maximum absolute atomic E-state index is 2.47. The van der Waals surface area contributed by atoms with E-state index in [0.29, 0.717) is 4.87 Å². The van der Waals surface area contributed by atoms with Crippen LogP contribution in [0.4, 0.5) is 0 Å². The minimum absolute atomic E-state index is 0.475. The normalized spacial score (nSPS) is 13.0. The summed E-state index contributed by atoms with van der Waals surface area (Å²) in [5.41, 5.74) is 0. The Balaban J connectivity index is 1.83. The molecule has 0 radical (unpaired) electrons. The highest BCUT2D eigenvalue weighted by Gasteiger charge is 2.32. The van der Waals surface area contributed by atoms with Crippen molar-refractivity contribution in [2.75, 3.05) is 0 Å². The van der Waals surface area contributed by atoms with Crippen LogP contribution in [0.5, 0.6) is 0 Å². The van der Waals surface area contributed by atoms with E-state index in [0.717, 1.165) is 0 Å². The summed E-state index contributed by atoms with van der Waals surface area (Å²) in [6.45, 7) is 4.95. The molecule has 0 saturated heterocycles. The van der Waals surface area contributed by atoms with Crippen molar-refractivity contribution in [3.05, 3.63) is 102 Å². The van der Waals surface area contributed by atoms with Gasteiger partial charge in [-0.2, -0.15) is 0 Å². The van der Waals surface area contributed by atoms with Gasteiger partial charge in [-0.25, -0.2) is 0 Å². The summed E-state index contributed by atoms with van der Waals surface area (Å²) in [5.74, 6) is 0. The molecule has 0 aliphatic rings. The molecule has 3 heteroatoms. The van der Waals surface area contributed by atoms with Crippen LogP contribution in [0.1, 0.15) is 0 Å². The lowest BCUT2D eigenvalue weighted by Crippen LogP contribution is -2.50. The number of hydrogen-bond acceptors (Lipinski definition) is 2. The molecule has 0 heterocycles. The van der Waals surface area contributed by atoms with Gasteiger partial charge in [0.1, 0.15) is 0 Å². The third kappa shape index (κ3) is 5.16. The van der Waals surface area contributed by atoms with Crippen LogP contribution in [-0.4, -0.2) is 12.9 Å². The molecule has 0 nitrogen and oxygen atoms in total. The van der Waals surface area contributed by atoms with Crippen LogP contribution in [0.3, 0.4) is 0 Å². The SMILES string of the molecule is C[Si](C)(c1ccccc1)C(C=CSc1ccccc1)Sc1ccccc1. The molecule has 0 saturated carbocycles. The van der Waals surface area contributed by atoms with Gasteiger partial charge in [-0.05, 0) is 29.7 Å². The van der Waals surface area contributed by atoms with E-state index in [1.807, 2.05) is 11.8 Å². The van der Waals surface area contributed by atoms with Gasteiger partial charge in [0.25, 0.3) is 0 Å². The highest BCUT2D eigenvalue weighted by Crippen LogP contribution is 2.32. The monoisotopic (exact) mass is 392 g/mol. The Kier molecular flexibility index (Phi) is 6.84. The van der Waals surface area contributed by atoms with E-state index in [9.17, 15) is 0 Å². The van der Waals surface area contributed by atoms with Gasteiger partial charge in [0.15, 0.2) is 0 Å². The predicted octanol–water partition coefficient (Wildman–Crippen LogP) is 6.61. The van der Waals surface area contributed by atoms with Crippen molar-refractivity contribution in [1.82, 2.24) is 0 Å². The van der Waals surface area contributed by atoms with Crippen molar-refractivity contribution in [3.63, 3.8) is 0 Å². The lowest BCUT2D eigenvalue weighted by Gasteiger charge is -2.30. The summed E-state index contributed by atoms with van der Waals surface area (Å²) < 4.78 is 0. The quantitative estimate of drug-likeness (QED) is 0.328. The molecule has 0 spiro atoms. The number of benzene rings is 3. The minimum atomic E-state index is -1.67. The van der Waals surface area contributed by atoms with Crippen molar-refractivity contribution >= 4 is 36.8 Å². The van der Waals surface area contributed by atoms with E-state index < -0.39 is 8.07 Å². The predicted molar refractivity (Wildman–Crippen MR) is 121 cm³/mol. The first kappa shape index (κ1) is 19.1. The van der Waals surface area contributed by atoms with Gasteiger partial charge in [-0.15, -0.1) is 11.8 Å². The summed E-state index contributed by atoms with van der Waals surface area (Å²) in [4.78, 5) is 3.10. The zero-order valence-electron chi connectivity index (χ0n) is 15.2. The number of hydrogen-bond donors (Lipinski definition) is 0. The van der Waals surface area contributed by atoms with Crippen molar-refractivity contribution in [1.29, 1.82) is 0 Å². The Labute approximate surface area is 166 Å². The second kappa shape index (κ2) is 9.31. The first-order valence-corrected chi connectivity index (χ1v) is 13.7. The van der Waals surface area contributed by atoms with Crippen LogP contribution < -0.4 is 5.19 Å². The van der Waals surface area contributed by atoms with E-state index in [1.165, 1.54) is 15.0 Å². The average molecular weight is 393 g/mol. The van der Waals surface area contributed by atoms with Crippen LogP contribution >= 0.6 is 23.5 Å². The summed E-state index contributed by atoms with van der Waals surface area (Å²) in [6, 6.07) is 32.3. The fraction of sp³-hybridized carbons (Fsp3) is 0.130. The van der Waals surface area contributed by atoms with E-state index in [-0.39, 0.29) is 0 Å². The molecule has 0 bridgehead atoms. The Morgan fingerprint density at radius 3 is 1.77 bits per heavy atom. The molecule has 26 heavy (non-hydrogen) atoms. The third-order valence-electron chi connectivity index (χ3n) is 4.44. The van der Waals surface area contributed by atoms with Crippen LogP contribution in [0.15, 0.2) is 112 Å². The van der Waals surface area contributed by atoms with Crippen LogP contribution in [0.2, 0.25) is 13.1 Å². The largest absolute Gasteiger partial charge is 0.121 e. The van der Waals surface area contributed by atoms with Gasteiger partial charge in [-0.1, -0.05) is 103 Å². The van der Waals surface area contributed by atoms with Gasteiger partial charge in [-0.3, -0.25) is 0 Å². The molecule has 1 atom stereocenters. The molecule has 132 valence electrons. The van der Waals surface area contributed by atoms with Gasteiger partial charge in [0.05, 0.1) is 8.07 Å². The van der Waals surface area contributed by atoms with E-state index >= 15 is 0 Å². The Bertz CT molecular complexity index is 815. The zero-order valence-corrected chi connectivity index (χ0v) is 17.8. The lowest BCUT2D eigenvalue weighted by molar-refractivity contribution is 1.41. The molecule has 0 N–H and O–H groups in total. The molecule has 0 aliphatic heterocycles. The van der Waals surface area contributed by atoms with Gasteiger partial charge < -0.3 is 0 Å². The van der Waals surface area contributed by atoms with E-state index in [2.05, 4.69) is 116 Å². The van der Waals surface area contributed by atoms with Crippen LogP contribution in [0.25, 0.3) is 0 Å². The van der Waals surface area contributed by atoms with Crippen molar-refractivity contribution in [2.24, 2.45) is 0 Å². The summed E-state index contributed by atoms with van der Waals surface area (Å²) >= 11 is 3.79. The second-order valence-electron chi connectivity index (χ2n) is 6.70. The van der Waals surface area contributed by atoms with Gasteiger partial charge in [0.2, 0.25) is 0 Å². The highest BCUT2D eigenvalue weighted by atomic mass is 32.2. The Morgan fingerprint density at radius 2 is 1.19 bits per heavy atom. The molecule has 0 amide bonds. The molecule has 0 fully saturated rings. The van der Waals surface area contributed by atoms with E-state index in [4.69, 9.17) is 0 Å². The molecule has 3 aromatic carbocycles. The number of rotatable bonds is 7. The molecule has 3 rings (SSSR count). The Hall–Kier alpha value is -1.68. The third-order valence-corrected chi connectivity index (χ3v) is 11.8. The highest BCUT2D eigenvalue weighted by molar-refractivity contribution is 8.03. The van der Waals surface area contributed by atoms with Crippen molar-refractivity contribution < 1.29 is 0 Å². The number of thioether (sulfide) groups is 2. The van der Waals surface area contributed by atoms with Crippen LogP contribution in [0, 0.1) is 0 Å². The molecular weight excluding hydrogens is 368 g/mol. The van der Waals surface area contributed by atoms with E-state index in [1.54, 1.807) is 11.8 Å². The van der Waals surface area contributed by atoms with Crippen molar-refractivity contribution in [3.8, 4) is 0 Å². The summed E-state index contributed by atoms with van der Waals surface area (Å²) in [6.07, 6.45) is 2.41. The minimum Gasteiger partial charge on any atom is -0.121 e. The molecule has 3 aromatic rings. The summed E-state index contributed by atoms with van der Waals surface area (Å²) in [5, 5.41) is 3.77. The van der Waals surface area contributed by atoms with Gasteiger partial charge >= 0.3 is 0 Å². The molecule has 0 aromatic heterocycles. The van der Waals surface area contributed by atoms with Gasteiger partial charge in [0, 0.05) is 14.7 Å². The standard InChI is InChI=1S/C23H24S2Si/c1-26(2,22-16-10-5-11-17-22)23(25-21-14-8-4-9-15-21)18-19-24-20-12-6-3-7-13-20/h3-19,23H,1-2H3. The van der Waals surface area contributed by atoms with Crippen LogP contribution in [-0.2, 0) is 0 Å². The maximum atomic E-state index is 2.47. The maximum Gasteiger partial charge on any atom is 0.0989 e. The Morgan fingerprint density at radius 1 is 0.692 bits per heavy atom. The fourth-order valence-corrected chi connectivity index (χ4v) is 8.46.